The standard InChI is InChI=1S/C10H17N3O/c1-8-9(6-12-13(8)2)5-11-10-3-4-14-7-10/h6,10-11H,3-5,7H2,1-2H3. The highest BCUT2D eigenvalue weighted by atomic mass is 16.5. The summed E-state index contributed by atoms with van der Waals surface area (Å²) in [5.74, 6) is 0. The van der Waals surface area contributed by atoms with Gasteiger partial charge in [0, 0.05) is 37.5 Å². The highest BCUT2D eigenvalue weighted by Crippen LogP contribution is 2.08. The van der Waals surface area contributed by atoms with Gasteiger partial charge in [0.05, 0.1) is 12.8 Å². The lowest BCUT2D eigenvalue weighted by Gasteiger charge is -2.09. The summed E-state index contributed by atoms with van der Waals surface area (Å²) in [7, 11) is 1.97. The van der Waals surface area contributed by atoms with Crippen LogP contribution in [0.3, 0.4) is 0 Å². The first-order valence-electron chi connectivity index (χ1n) is 5.06. The van der Waals surface area contributed by atoms with E-state index in [1.54, 1.807) is 0 Å². The van der Waals surface area contributed by atoms with Gasteiger partial charge < -0.3 is 10.1 Å². The maximum absolute atomic E-state index is 5.30. The lowest BCUT2D eigenvalue weighted by atomic mass is 10.2. The Labute approximate surface area is 84.3 Å². The molecule has 1 aliphatic heterocycles. The minimum atomic E-state index is 0.523. The van der Waals surface area contributed by atoms with E-state index >= 15 is 0 Å². The summed E-state index contributed by atoms with van der Waals surface area (Å²) in [6.45, 7) is 4.73. The number of hydrogen-bond acceptors (Lipinski definition) is 3. The van der Waals surface area contributed by atoms with Crippen molar-refractivity contribution in [2.24, 2.45) is 7.05 Å². The monoisotopic (exact) mass is 195 g/mol. The third-order valence-electron chi connectivity index (χ3n) is 2.85. The van der Waals surface area contributed by atoms with E-state index in [0.29, 0.717) is 6.04 Å². The molecule has 0 radical (unpaired) electrons. The van der Waals surface area contributed by atoms with Gasteiger partial charge in [-0.25, -0.2) is 0 Å². The molecule has 1 aromatic heterocycles. The van der Waals surface area contributed by atoms with Crippen LogP contribution in [-0.4, -0.2) is 29.0 Å². The molecule has 1 fully saturated rings. The second kappa shape index (κ2) is 4.11. The van der Waals surface area contributed by atoms with E-state index in [4.69, 9.17) is 4.74 Å². The molecule has 1 unspecified atom stereocenters. The van der Waals surface area contributed by atoms with E-state index < -0.39 is 0 Å². The van der Waals surface area contributed by atoms with Gasteiger partial charge >= 0.3 is 0 Å². The summed E-state index contributed by atoms with van der Waals surface area (Å²) >= 11 is 0. The van der Waals surface area contributed by atoms with Gasteiger partial charge in [-0.2, -0.15) is 5.10 Å². The van der Waals surface area contributed by atoms with Crippen molar-refractivity contribution in [1.82, 2.24) is 15.1 Å². The van der Waals surface area contributed by atoms with E-state index in [-0.39, 0.29) is 0 Å². The molecular weight excluding hydrogens is 178 g/mol. The smallest absolute Gasteiger partial charge is 0.0620 e. The number of nitrogens with zero attached hydrogens (tertiary/aromatic N) is 2. The first kappa shape index (κ1) is 9.68. The predicted octanol–water partition coefficient (Wildman–Crippen LogP) is 0.607. The van der Waals surface area contributed by atoms with Gasteiger partial charge in [0.25, 0.3) is 0 Å². The highest BCUT2D eigenvalue weighted by Gasteiger charge is 2.15. The molecule has 4 nitrogen and oxygen atoms in total. The highest BCUT2D eigenvalue weighted by molar-refractivity contribution is 5.15. The Kier molecular flexibility index (Phi) is 2.84. The zero-order chi connectivity index (χ0) is 9.97. The molecule has 1 aromatic rings. The van der Waals surface area contributed by atoms with Gasteiger partial charge in [0.15, 0.2) is 0 Å². The molecule has 0 amide bonds. The normalized spacial score (nSPS) is 21.7. The van der Waals surface area contributed by atoms with Crippen molar-refractivity contribution < 1.29 is 4.74 Å². The van der Waals surface area contributed by atoms with E-state index in [1.807, 2.05) is 17.9 Å². The van der Waals surface area contributed by atoms with Gasteiger partial charge in [-0.3, -0.25) is 4.68 Å². The molecular formula is C10H17N3O. The van der Waals surface area contributed by atoms with Crippen LogP contribution in [0.4, 0.5) is 0 Å². The van der Waals surface area contributed by atoms with Gasteiger partial charge in [0.1, 0.15) is 0 Å². The molecule has 2 heterocycles. The molecule has 1 saturated heterocycles. The van der Waals surface area contributed by atoms with Crippen LogP contribution in [0.5, 0.6) is 0 Å². The average Bonchev–Trinajstić information content (AvgIpc) is 2.77. The Morgan fingerprint density at radius 3 is 3.14 bits per heavy atom. The summed E-state index contributed by atoms with van der Waals surface area (Å²) in [6.07, 6.45) is 3.05. The largest absolute Gasteiger partial charge is 0.380 e. The zero-order valence-corrected chi connectivity index (χ0v) is 8.79. The first-order chi connectivity index (χ1) is 6.77. The van der Waals surface area contributed by atoms with Gasteiger partial charge in [-0.15, -0.1) is 0 Å². The zero-order valence-electron chi connectivity index (χ0n) is 8.79. The molecule has 78 valence electrons. The van der Waals surface area contributed by atoms with Crippen LogP contribution in [0, 0.1) is 6.92 Å². The van der Waals surface area contributed by atoms with Crippen LogP contribution in [0.2, 0.25) is 0 Å². The fourth-order valence-electron chi connectivity index (χ4n) is 1.67. The first-order valence-corrected chi connectivity index (χ1v) is 5.06. The van der Waals surface area contributed by atoms with Crippen LogP contribution in [-0.2, 0) is 18.3 Å². The fourth-order valence-corrected chi connectivity index (χ4v) is 1.67. The summed E-state index contributed by atoms with van der Waals surface area (Å²) < 4.78 is 7.20. The van der Waals surface area contributed by atoms with Crippen molar-refractivity contribution >= 4 is 0 Å². The van der Waals surface area contributed by atoms with Crippen molar-refractivity contribution in [2.75, 3.05) is 13.2 Å². The van der Waals surface area contributed by atoms with E-state index in [1.165, 1.54) is 11.3 Å². The van der Waals surface area contributed by atoms with Crippen molar-refractivity contribution in [3.05, 3.63) is 17.5 Å². The number of aryl methyl sites for hydroxylation is 1. The van der Waals surface area contributed by atoms with Gasteiger partial charge in [-0.05, 0) is 13.3 Å². The van der Waals surface area contributed by atoms with Crippen LogP contribution in [0.15, 0.2) is 6.20 Å². The predicted molar refractivity (Wildman–Crippen MR) is 54.0 cm³/mol. The van der Waals surface area contributed by atoms with Gasteiger partial charge in [-0.1, -0.05) is 0 Å². The molecule has 0 bridgehead atoms. The quantitative estimate of drug-likeness (QED) is 0.768. The average molecular weight is 195 g/mol. The Hall–Kier alpha value is -0.870. The van der Waals surface area contributed by atoms with Crippen molar-refractivity contribution in [3.8, 4) is 0 Å². The molecule has 0 saturated carbocycles. The van der Waals surface area contributed by atoms with Crippen molar-refractivity contribution in [2.45, 2.75) is 25.9 Å². The molecule has 1 aliphatic rings. The molecule has 2 rings (SSSR count). The molecule has 1 atom stereocenters. The van der Waals surface area contributed by atoms with Crippen molar-refractivity contribution in [1.29, 1.82) is 0 Å². The lowest BCUT2D eigenvalue weighted by molar-refractivity contribution is 0.190. The Bertz CT molecular complexity index is 302. The maximum atomic E-state index is 5.30. The Morgan fingerprint density at radius 1 is 1.71 bits per heavy atom. The topological polar surface area (TPSA) is 39.1 Å². The molecule has 4 heteroatoms. The summed E-state index contributed by atoms with van der Waals surface area (Å²) in [6, 6.07) is 0.523. The maximum Gasteiger partial charge on any atom is 0.0620 e. The molecule has 1 N–H and O–H groups in total. The van der Waals surface area contributed by atoms with E-state index in [9.17, 15) is 0 Å². The van der Waals surface area contributed by atoms with E-state index in [2.05, 4.69) is 17.3 Å². The van der Waals surface area contributed by atoms with Crippen LogP contribution in [0.1, 0.15) is 17.7 Å². The second-order valence-electron chi connectivity index (χ2n) is 3.82. The third-order valence-corrected chi connectivity index (χ3v) is 2.85. The van der Waals surface area contributed by atoms with Crippen LogP contribution < -0.4 is 5.32 Å². The molecule has 0 spiro atoms. The fraction of sp³-hybridized carbons (Fsp3) is 0.700. The SMILES string of the molecule is Cc1c(CNC2CCOC2)cnn1C. The van der Waals surface area contributed by atoms with Crippen LogP contribution in [0.25, 0.3) is 0 Å². The number of hydrogen-bond donors (Lipinski definition) is 1. The molecule has 14 heavy (non-hydrogen) atoms. The number of aromatic nitrogens is 2. The summed E-state index contributed by atoms with van der Waals surface area (Å²) in [5.41, 5.74) is 2.51. The molecule has 0 aliphatic carbocycles. The number of ether oxygens (including phenoxy) is 1. The van der Waals surface area contributed by atoms with Crippen LogP contribution >= 0.6 is 0 Å². The van der Waals surface area contributed by atoms with Crippen molar-refractivity contribution in [3.63, 3.8) is 0 Å². The third kappa shape index (κ3) is 1.96. The lowest BCUT2D eigenvalue weighted by Crippen LogP contribution is -2.28. The Balaban J connectivity index is 1.88. The minimum absolute atomic E-state index is 0.523. The van der Waals surface area contributed by atoms with E-state index in [0.717, 1.165) is 26.2 Å². The summed E-state index contributed by atoms with van der Waals surface area (Å²) in [4.78, 5) is 0. The number of rotatable bonds is 3. The Morgan fingerprint density at radius 2 is 2.57 bits per heavy atom. The van der Waals surface area contributed by atoms with Gasteiger partial charge in [0.2, 0.25) is 0 Å². The summed E-state index contributed by atoms with van der Waals surface area (Å²) in [5, 5.41) is 7.68. The molecule has 0 aromatic carbocycles. The minimum Gasteiger partial charge on any atom is -0.380 e. The second-order valence-corrected chi connectivity index (χ2v) is 3.82. The number of nitrogens with one attached hydrogen (secondary N) is 1.